The van der Waals surface area contributed by atoms with Gasteiger partial charge in [0.25, 0.3) is 0 Å². The van der Waals surface area contributed by atoms with Gasteiger partial charge in [-0.2, -0.15) is 0 Å². The number of fused-ring (bicyclic) bond motifs is 1. The lowest BCUT2D eigenvalue weighted by Gasteiger charge is -2.42. The van der Waals surface area contributed by atoms with Crippen molar-refractivity contribution in [3.63, 3.8) is 0 Å². The summed E-state index contributed by atoms with van der Waals surface area (Å²) in [6.07, 6.45) is 1.01. The number of rotatable bonds is 0. The number of anilines is 1. The van der Waals surface area contributed by atoms with E-state index in [4.69, 9.17) is 0 Å². The first-order valence-electron chi connectivity index (χ1n) is 6.01. The molecule has 0 saturated carbocycles. The highest BCUT2D eigenvalue weighted by Gasteiger charge is 2.37. The van der Waals surface area contributed by atoms with Crippen molar-refractivity contribution < 1.29 is 9.90 Å². The third-order valence-electron chi connectivity index (χ3n) is 3.46. The summed E-state index contributed by atoms with van der Waals surface area (Å²) in [7, 11) is 0. The molecule has 0 spiro atoms. The van der Waals surface area contributed by atoms with Crippen LogP contribution in [0.2, 0.25) is 0 Å². The molecule has 1 amide bonds. The lowest BCUT2D eigenvalue weighted by atomic mass is 9.79. The summed E-state index contributed by atoms with van der Waals surface area (Å²) in [4.78, 5) is 13.0. The van der Waals surface area contributed by atoms with E-state index >= 15 is 0 Å². The molecule has 1 aromatic rings. The van der Waals surface area contributed by atoms with E-state index in [-0.39, 0.29) is 11.5 Å². The number of hydrogen-bond acceptors (Lipinski definition) is 1. The average molecular weight is 233 g/mol. The molecule has 2 rings (SSSR count). The lowest BCUT2D eigenvalue weighted by molar-refractivity contribution is 0.186. The van der Waals surface area contributed by atoms with Crippen LogP contribution >= 0.6 is 0 Å². The predicted molar refractivity (Wildman–Crippen MR) is 68.5 cm³/mol. The van der Waals surface area contributed by atoms with Crippen LogP contribution in [0.3, 0.4) is 0 Å². The van der Waals surface area contributed by atoms with Crippen LogP contribution in [-0.2, 0) is 6.42 Å². The summed E-state index contributed by atoms with van der Waals surface area (Å²) in [6.45, 7) is 6.30. The zero-order chi connectivity index (χ0) is 12.6. The van der Waals surface area contributed by atoms with Gasteiger partial charge in [0.05, 0.1) is 5.69 Å². The second kappa shape index (κ2) is 4.06. The summed E-state index contributed by atoms with van der Waals surface area (Å²) in [5.74, 6) is 0. The van der Waals surface area contributed by atoms with E-state index in [1.165, 1.54) is 0 Å². The number of para-hydroxylation sites is 1. The molecule has 1 aromatic carbocycles. The highest BCUT2D eigenvalue weighted by molar-refractivity contribution is 5.88. The minimum absolute atomic E-state index is 0.0358. The highest BCUT2D eigenvalue weighted by atomic mass is 16.4. The first-order valence-corrected chi connectivity index (χ1v) is 6.01. The summed E-state index contributed by atoms with van der Waals surface area (Å²) in [5.41, 5.74) is 1.95. The van der Waals surface area contributed by atoms with Crippen molar-refractivity contribution in [1.82, 2.24) is 0 Å². The molecule has 1 aliphatic heterocycles. The number of aryl methyl sites for hydroxylation is 1. The minimum atomic E-state index is -0.850. The van der Waals surface area contributed by atoms with E-state index in [0.29, 0.717) is 0 Å². The van der Waals surface area contributed by atoms with Crippen LogP contribution < -0.4 is 4.90 Å². The molecule has 3 heteroatoms. The summed E-state index contributed by atoms with van der Waals surface area (Å²) < 4.78 is 0. The number of hydrogen-bond donors (Lipinski definition) is 1. The van der Waals surface area contributed by atoms with E-state index in [2.05, 4.69) is 20.8 Å². The summed E-state index contributed by atoms with van der Waals surface area (Å²) in [5, 5.41) is 9.44. The fraction of sp³-hybridized carbons (Fsp3) is 0.500. The van der Waals surface area contributed by atoms with Crippen LogP contribution in [0.25, 0.3) is 0 Å². The molecule has 1 atom stereocenters. The Kier molecular flexibility index (Phi) is 2.86. The molecule has 0 aromatic heterocycles. The van der Waals surface area contributed by atoms with Gasteiger partial charge in [0.15, 0.2) is 0 Å². The monoisotopic (exact) mass is 233 g/mol. The van der Waals surface area contributed by atoms with Crippen LogP contribution in [-0.4, -0.2) is 17.2 Å². The van der Waals surface area contributed by atoms with Gasteiger partial charge < -0.3 is 5.11 Å². The molecule has 0 fully saturated rings. The van der Waals surface area contributed by atoms with Gasteiger partial charge in [0, 0.05) is 6.04 Å². The fourth-order valence-corrected chi connectivity index (χ4v) is 2.60. The smallest absolute Gasteiger partial charge is 0.412 e. The standard InChI is InChI=1S/C14H19NO2/c1-14(2,3)12-9-8-10-6-4-5-7-11(10)15(12)13(16)17/h4-7,12H,8-9H2,1-3H3,(H,16,17). The molecule has 1 aliphatic rings. The van der Waals surface area contributed by atoms with Crippen LogP contribution in [0, 0.1) is 5.41 Å². The molecule has 92 valence electrons. The number of benzene rings is 1. The number of nitrogens with zero attached hydrogens (tertiary/aromatic N) is 1. The zero-order valence-corrected chi connectivity index (χ0v) is 10.6. The van der Waals surface area contributed by atoms with E-state index in [1.54, 1.807) is 4.90 Å². The lowest BCUT2D eigenvalue weighted by Crippen LogP contribution is -2.49. The molecule has 0 bridgehead atoms. The molecule has 0 aliphatic carbocycles. The largest absolute Gasteiger partial charge is 0.465 e. The Morgan fingerprint density at radius 3 is 2.59 bits per heavy atom. The molecular weight excluding hydrogens is 214 g/mol. The van der Waals surface area contributed by atoms with Gasteiger partial charge >= 0.3 is 6.09 Å². The van der Waals surface area contributed by atoms with Crippen molar-refractivity contribution >= 4 is 11.8 Å². The van der Waals surface area contributed by atoms with Gasteiger partial charge in [-0.05, 0) is 29.9 Å². The molecule has 1 unspecified atom stereocenters. The number of carbonyl (C=O) groups is 1. The quantitative estimate of drug-likeness (QED) is 0.744. The maximum absolute atomic E-state index is 11.5. The molecule has 1 N–H and O–H groups in total. The second-order valence-electron chi connectivity index (χ2n) is 5.70. The molecule has 0 saturated heterocycles. The molecular formula is C14H19NO2. The van der Waals surface area contributed by atoms with Crippen molar-refractivity contribution in [2.24, 2.45) is 5.41 Å². The Morgan fingerprint density at radius 1 is 1.35 bits per heavy atom. The van der Waals surface area contributed by atoms with Gasteiger partial charge in [0.2, 0.25) is 0 Å². The maximum atomic E-state index is 11.5. The first-order chi connectivity index (χ1) is 7.91. The van der Waals surface area contributed by atoms with Crippen molar-refractivity contribution in [3.8, 4) is 0 Å². The zero-order valence-electron chi connectivity index (χ0n) is 10.6. The third-order valence-corrected chi connectivity index (χ3v) is 3.46. The Bertz CT molecular complexity index is 434. The van der Waals surface area contributed by atoms with Crippen LogP contribution in [0.1, 0.15) is 32.8 Å². The van der Waals surface area contributed by atoms with Gasteiger partial charge in [-0.25, -0.2) is 4.79 Å². The number of amides is 1. The third kappa shape index (κ3) is 2.14. The van der Waals surface area contributed by atoms with E-state index in [1.807, 2.05) is 24.3 Å². The maximum Gasteiger partial charge on any atom is 0.412 e. The van der Waals surface area contributed by atoms with Crippen molar-refractivity contribution in [1.29, 1.82) is 0 Å². The Hall–Kier alpha value is -1.51. The van der Waals surface area contributed by atoms with E-state index in [0.717, 1.165) is 24.1 Å². The fourth-order valence-electron chi connectivity index (χ4n) is 2.60. The van der Waals surface area contributed by atoms with Crippen molar-refractivity contribution in [2.75, 3.05) is 4.90 Å². The van der Waals surface area contributed by atoms with Gasteiger partial charge in [-0.1, -0.05) is 39.0 Å². The second-order valence-corrected chi connectivity index (χ2v) is 5.70. The average Bonchev–Trinajstić information content (AvgIpc) is 2.26. The molecule has 1 heterocycles. The Balaban J connectivity index is 2.47. The van der Waals surface area contributed by atoms with Crippen molar-refractivity contribution in [3.05, 3.63) is 29.8 Å². The van der Waals surface area contributed by atoms with E-state index in [9.17, 15) is 9.90 Å². The predicted octanol–water partition coefficient (Wildman–Crippen LogP) is 3.53. The minimum Gasteiger partial charge on any atom is -0.465 e. The molecule has 3 nitrogen and oxygen atoms in total. The Labute approximate surface area is 102 Å². The number of carboxylic acid groups (broad SMARTS) is 1. The molecule has 17 heavy (non-hydrogen) atoms. The van der Waals surface area contributed by atoms with E-state index < -0.39 is 6.09 Å². The topological polar surface area (TPSA) is 40.5 Å². The SMILES string of the molecule is CC(C)(C)C1CCc2ccccc2N1C(=O)O. The van der Waals surface area contributed by atoms with Crippen LogP contribution in [0.15, 0.2) is 24.3 Å². The van der Waals surface area contributed by atoms with Crippen molar-refractivity contribution in [2.45, 2.75) is 39.7 Å². The van der Waals surface area contributed by atoms with Gasteiger partial charge in [-0.3, -0.25) is 4.90 Å². The first kappa shape index (κ1) is 12.0. The Morgan fingerprint density at radius 2 is 2.00 bits per heavy atom. The summed E-state index contributed by atoms with van der Waals surface area (Å²) in [6, 6.07) is 7.84. The molecule has 0 radical (unpaired) electrons. The van der Waals surface area contributed by atoms with Gasteiger partial charge in [0.1, 0.15) is 0 Å². The van der Waals surface area contributed by atoms with Gasteiger partial charge in [-0.15, -0.1) is 0 Å². The highest BCUT2D eigenvalue weighted by Crippen LogP contribution is 2.38. The summed E-state index contributed by atoms with van der Waals surface area (Å²) >= 11 is 0. The normalized spacial score (nSPS) is 19.9. The van der Waals surface area contributed by atoms with Crippen LogP contribution in [0.5, 0.6) is 0 Å². The van der Waals surface area contributed by atoms with Crippen LogP contribution in [0.4, 0.5) is 10.5 Å².